The van der Waals surface area contributed by atoms with E-state index in [-0.39, 0.29) is 17.9 Å². The minimum atomic E-state index is -0.645. The molecular formula is C25H24FNO4. The Morgan fingerprint density at radius 1 is 1.00 bits per heavy atom. The Morgan fingerprint density at radius 3 is 2.26 bits per heavy atom. The first-order valence-corrected chi connectivity index (χ1v) is 9.88. The molecule has 3 aromatic carbocycles. The summed E-state index contributed by atoms with van der Waals surface area (Å²) in [5.41, 5.74) is 3.35. The number of rotatable bonds is 7. The van der Waals surface area contributed by atoms with Crippen molar-refractivity contribution in [2.24, 2.45) is 5.92 Å². The van der Waals surface area contributed by atoms with E-state index >= 15 is 0 Å². The summed E-state index contributed by atoms with van der Waals surface area (Å²) in [5.74, 6) is -2.25. The number of hydrogen-bond acceptors (Lipinski definition) is 4. The van der Waals surface area contributed by atoms with Crippen molar-refractivity contribution in [1.82, 2.24) is 5.32 Å². The van der Waals surface area contributed by atoms with E-state index in [0.29, 0.717) is 12.0 Å². The molecule has 160 valence electrons. The quantitative estimate of drug-likeness (QED) is 0.559. The zero-order chi connectivity index (χ0) is 22.4. The number of amides is 1. The molecule has 3 aromatic rings. The third-order valence-corrected chi connectivity index (χ3v) is 5.06. The van der Waals surface area contributed by atoms with E-state index in [1.807, 2.05) is 31.2 Å². The molecule has 0 spiro atoms. The number of methoxy groups -OCH3 is 1. The molecule has 2 N–H and O–H groups in total. The third kappa shape index (κ3) is 5.69. The van der Waals surface area contributed by atoms with E-state index < -0.39 is 23.6 Å². The summed E-state index contributed by atoms with van der Waals surface area (Å²) in [6.45, 7) is 1.96. The lowest BCUT2D eigenvalue weighted by atomic mass is 9.98. The fourth-order valence-corrected chi connectivity index (χ4v) is 3.26. The zero-order valence-corrected chi connectivity index (χ0v) is 17.4. The normalized spacial score (nSPS) is 11.6. The van der Waals surface area contributed by atoms with E-state index in [1.54, 1.807) is 18.2 Å². The maximum Gasteiger partial charge on any atom is 0.310 e. The van der Waals surface area contributed by atoms with Crippen LogP contribution in [-0.2, 0) is 16.0 Å². The van der Waals surface area contributed by atoms with Gasteiger partial charge in [0.15, 0.2) is 0 Å². The minimum absolute atomic E-state index is 0.00840. The van der Waals surface area contributed by atoms with Crippen molar-refractivity contribution in [3.8, 4) is 16.9 Å². The molecule has 1 atom stereocenters. The highest BCUT2D eigenvalue weighted by Crippen LogP contribution is 2.22. The van der Waals surface area contributed by atoms with Crippen LogP contribution in [0.5, 0.6) is 5.75 Å². The Labute approximate surface area is 180 Å². The Bertz CT molecular complexity index is 1060. The summed E-state index contributed by atoms with van der Waals surface area (Å²) < 4.78 is 19.5. The monoisotopic (exact) mass is 421 g/mol. The lowest BCUT2D eigenvalue weighted by Gasteiger charge is -2.16. The first-order valence-electron chi connectivity index (χ1n) is 9.88. The first kappa shape index (κ1) is 22.0. The van der Waals surface area contributed by atoms with Gasteiger partial charge in [-0.15, -0.1) is 0 Å². The predicted molar refractivity (Wildman–Crippen MR) is 116 cm³/mol. The van der Waals surface area contributed by atoms with Crippen LogP contribution in [0, 0.1) is 18.7 Å². The maximum absolute atomic E-state index is 14.6. The average Bonchev–Trinajstić information content (AvgIpc) is 2.77. The van der Waals surface area contributed by atoms with Gasteiger partial charge in [-0.25, -0.2) is 4.39 Å². The van der Waals surface area contributed by atoms with Gasteiger partial charge < -0.3 is 15.2 Å². The fraction of sp³-hybridized carbons (Fsp3) is 0.200. The second kappa shape index (κ2) is 9.89. The molecule has 6 heteroatoms. The van der Waals surface area contributed by atoms with Crippen molar-refractivity contribution in [2.75, 3.05) is 13.7 Å². The Morgan fingerprint density at radius 2 is 1.65 bits per heavy atom. The SMILES string of the molecule is COC(=O)C(CNC(=O)c1ccc(-c2ccc(C)cc2)cc1F)Cc1ccc(O)cc1. The molecule has 0 saturated heterocycles. The zero-order valence-electron chi connectivity index (χ0n) is 17.4. The molecule has 0 radical (unpaired) electrons. The third-order valence-electron chi connectivity index (χ3n) is 5.06. The van der Waals surface area contributed by atoms with Crippen molar-refractivity contribution < 1.29 is 23.8 Å². The highest BCUT2D eigenvalue weighted by atomic mass is 19.1. The van der Waals surface area contributed by atoms with Gasteiger partial charge in [0.1, 0.15) is 11.6 Å². The molecular weight excluding hydrogens is 397 g/mol. The Hall–Kier alpha value is -3.67. The van der Waals surface area contributed by atoms with E-state index in [0.717, 1.165) is 16.7 Å². The van der Waals surface area contributed by atoms with Crippen LogP contribution < -0.4 is 5.32 Å². The number of aromatic hydroxyl groups is 1. The second-order valence-corrected chi connectivity index (χ2v) is 7.36. The lowest BCUT2D eigenvalue weighted by molar-refractivity contribution is -0.145. The summed E-state index contributed by atoms with van der Waals surface area (Å²) in [7, 11) is 1.28. The van der Waals surface area contributed by atoms with E-state index in [2.05, 4.69) is 5.32 Å². The van der Waals surface area contributed by atoms with Gasteiger partial charge in [-0.2, -0.15) is 0 Å². The highest BCUT2D eigenvalue weighted by molar-refractivity contribution is 5.95. The summed E-state index contributed by atoms with van der Waals surface area (Å²) in [6, 6.07) is 18.6. The van der Waals surface area contributed by atoms with Crippen LogP contribution in [-0.4, -0.2) is 30.6 Å². The molecule has 0 aliphatic rings. The van der Waals surface area contributed by atoms with Gasteiger partial charge in [-0.3, -0.25) is 9.59 Å². The smallest absolute Gasteiger partial charge is 0.310 e. The summed E-state index contributed by atoms with van der Waals surface area (Å²) in [5, 5.41) is 12.0. The van der Waals surface area contributed by atoms with Crippen LogP contribution in [0.3, 0.4) is 0 Å². The van der Waals surface area contributed by atoms with E-state index in [4.69, 9.17) is 4.74 Å². The van der Waals surface area contributed by atoms with Crippen LogP contribution in [0.15, 0.2) is 66.7 Å². The molecule has 31 heavy (non-hydrogen) atoms. The van der Waals surface area contributed by atoms with Crippen molar-refractivity contribution in [3.63, 3.8) is 0 Å². The topological polar surface area (TPSA) is 75.6 Å². The molecule has 0 heterocycles. The van der Waals surface area contributed by atoms with Crippen LogP contribution in [0.4, 0.5) is 4.39 Å². The number of esters is 1. The van der Waals surface area contributed by atoms with E-state index in [9.17, 15) is 19.1 Å². The van der Waals surface area contributed by atoms with Gasteiger partial charge in [-0.05, 0) is 54.3 Å². The molecule has 5 nitrogen and oxygen atoms in total. The van der Waals surface area contributed by atoms with Gasteiger partial charge in [0.2, 0.25) is 0 Å². The summed E-state index contributed by atoms with van der Waals surface area (Å²) in [4.78, 5) is 24.7. The standard InChI is InChI=1S/C25H24FNO4/c1-16-3-7-18(8-4-16)19-9-12-22(23(26)14-19)24(29)27-15-20(25(30)31-2)13-17-5-10-21(28)11-6-17/h3-12,14,20,28H,13,15H2,1-2H3,(H,27,29). The van der Waals surface area contributed by atoms with Crippen LogP contribution in [0.1, 0.15) is 21.5 Å². The molecule has 1 amide bonds. The number of nitrogens with one attached hydrogen (secondary N) is 1. The summed E-state index contributed by atoms with van der Waals surface area (Å²) >= 11 is 0. The Balaban J connectivity index is 1.69. The number of ether oxygens (including phenoxy) is 1. The fourth-order valence-electron chi connectivity index (χ4n) is 3.26. The summed E-state index contributed by atoms with van der Waals surface area (Å²) in [6.07, 6.45) is 0.308. The first-order chi connectivity index (χ1) is 14.9. The number of carbonyl (C=O) groups is 2. The van der Waals surface area contributed by atoms with Gasteiger partial charge in [0, 0.05) is 6.54 Å². The molecule has 1 unspecified atom stereocenters. The molecule has 0 fully saturated rings. The number of phenols is 1. The predicted octanol–water partition coefficient (Wildman–Crippen LogP) is 4.27. The minimum Gasteiger partial charge on any atom is -0.508 e. The number of aryl methyl sites for hydroxylation is 1. The number of carbonyl (C=O) groups excluding carboxylic acids is 2. The largest absolute Gasteiger partial charge is 0.508 e. The molecule has 0 bridgehead atoms. The number of hydrogen-bond donors (Lipinski definition) is 2. The van der Waals surface area contributed by atoms with Crippen molar-refractivity contribution in [2.45, 2.75) is 13.3 Å². The number of halogens is 1. The maximum atomic E-state index is 14.6. The molecule has 0 aliphatic heterocycles. The number of phenolic OH excluding ortho intramolecular Hbond substituents is 1. The van der Waals surface area contributed by atoms with Crippen molar-refractivity contribution in [1.29, 1.82) is 0 Å². The van der Waals surface area contributed by atoms with Gasteiger partial charge >= 0.3 is 5.97 Å². The second-order valence-electron chi connectivity index (χ2n) is 7.36. The van der Waals surface area contributed by atoms with Gasteiger partial charge in [0.25, 0.3) is 5.91 Å². The highest BCUT2D eigenvalue weighted by Gasteiger charge is 2.22. The van der Waals surface area contributed by atoms with Gasteiger partial charge in [0.05, 0.1) is 18.6 Å². The van der Waals surface area contributed by atoms with Crippen molar-refractivity contribution >= 4 is 11.9 Å². The average molecular weight is 421 g/mol. The van der Waals surface area contributed by atoms with Gasteiger partial charge in [-0.1, -0.05) is 48.0 Å². The number of benzene rings is 3. The Kier molecular flexibility index (Phi) is 7.03. The van der Waals surface area contributed by atoms with Crippen LogP contribution in [0.2, 0.25) is 0 Å². The van der Waals surface area contributed by atoms with Crippen LogP contribution >= 0.6 is 0 Å². The molecule has 0 aromatic heterocycles. The van der Waals surface area contributed by atoms with Crippen LogP contribution in [0.25, 0.3) is 11.1 Å². The van der Waals surface area contributed by atoms with Crippen molar-refractivity contribution in [3.05, 3.63) is 89.2 Å². The lowest BCUT2D eigenvalue weighted by Crippen LogP contribution is -2.35. The molecule has 0 saturated carbocycles. The molecule has 3 rings (SSSR count). The van der Waals surface area contributed by atoms with E-state index in [1.165, 1.54) is 31.4 Å². The molecule has 0 aliphatic carbocycles.